The second-order valence-corrected chi connectivity index (χ2v) is 7.98. The molecule has 1 aromatic carbocycles. The number of hydrogen-bond donors (Lipinski definition) is 1. The standard InChI is InChI=1S/C25H30N4O3/c1-6-19-24(28-22-18-11-9-8-10-16(18)14-20(22)32-7-2)29(4)25(30)23(27-19)17-12-13-21(31-5)26-15(17)3/h8-13,20,22,28H,6-7,14H2,1-5H3/t20-,22+/m0/s1. The van der Waals surface area contributed by atoms with Gasteiger partial charge in [-0.2, -0.15) is 0 Å². The normalized spacial score (nSPS) is 17.3. The van der Waals surface area contributed by atoms with Crippen molar-refractivity contribution in [1.29, 1.82) is 0 Å². The molecule has 0 saturated heterocycles. The molecule has 32 heavy (non-hydrogen) atoms. The van der Waals surface area contributed by atoms with Gasteiger partial charge in [0.2, 0.25) is 5.88 Å². The van der Waals surface area contributed by atoms with Crippen LogP contribution in [0, 0.1) is 6.92 Å². The summed E-state index contributed by atoms with van der Waals surface area (Å²) in [5.74, 6) is 1.24. The summed E-state index contributed by atoms with van der Waals surface area (Å²) >= 11 is 0. The predicted molar refractivity (Wildman–Crippen MR) is 125 cm³/mol. The molecule has 0 spiro atoms. The van der Waals surface area contributed by atoms with E-state index in [9.17, 15) is 4.79 Å². The van der Waals surface area contributed by atoms with Gasteiger partial charge < -0.3 is 14.8 Å². The fraction of sp³-hybridized carbons (Fsp3) is 0.400. The molecular weight excluding hydrogens is 404 g/mol. The van der Waals surface area contributed by atoms with E-state index in [0.717, 1.165) is 17.9 Å². The number of benzene rings is 1. The maximum absolute atomic E-state index is 13.4. The van der Waals surface area contributed by atoms with Crippen molar-refractivity contribution in [1.82, 2.24) is 14.5 Å². The first-order valence-corrected chi connectivity index (χ1v) is 11.1. The Hall–Kier alpha value is -3.19. The zero-order valence-electron chi connectivity index (χ0n) is 19.3. The molecule has 0 aliphatic heterocycles. The lowest BCUT2D eigenvalue weighted by atomic mass is 10.1. The van der Waals surface area contributed by atoms with Crippen molar-refractivity contribution in [3.63, 3.8) is 0 Å². The Labute approximate surface area is 188 Å². The van der Waals surface area contributed by atoms with Gasteiger partial charge >= 0.3 is 0 Å². The molecule has 4 rings (SSSR count). The molecule has 0 radical (unpaired) electrons. The molecule has 1 aliphatic carbocycles. The zero-order chi connectivity index (χ0) is 22.8. The van der Waals surface area contributed by atoms with Gasteiger partial charge in [0.05, 0.1) is 30.6 Å². The van der Waals surface area contributed by atoms with E-state index >= 15 is 0 Å². The molecule has 0 fully saturated rings. The van der Waals surface area contributed by atoms with Gasteiger partial charge in [0.1, 0.15) is 11.5 Å². The van der Waals surface area contributed by atoms with Crippen LogP contribution in [-0.4, -0.2) is 34.4 Å². The molecule has 2 atom stereocenters. The van der Waals surface area contributed by atoms with Crippen molar-refractivity contribution in [3.05, 3.63) is 69.3 Å². The second kappa shape index (κ2) is 9.12. The summed E-state index contributed by atoms with van der Waals surface area (Å²) in [4.78, 5) is 22.6. The molecule has 0 bridgehead atoms. The maximum atomic E-state index is 13.4. The number of anilines is 1. The number of aromatic nitrogens is 3. The third-order valence-corrected chi connectivity index (χ3v) is 6.08. The fourth-order valence-electron chi connectivity index (χ4n) is 4.44. The molecule has 168 valence electrons. The van der Waals surface area contributed by atoms with Gasteiger partial charge in [-0.25, -0.2) is 9.97 Å². The smallest absolute Gasteiger partial charge is 0.278 e. The van der Waals surface area contributed by atoms with Crippen LogP contribution in [0.1, 0.15) is 42.4 Å². The molecule has 0 unspecified atom stereocenters. The van der Waals surface area contributed by atoms with Gasteiger partial charge in [-0.05, 0) is 37.5 Å². The topological polar surface area (TPSA) is 78.3 Å². The van der Waals surface area contributed by atoms with Crippen molar-refractivity contribution < 1.29 is 9.47 Å². The van der Waals surface area contributed by atoms with Crippen molar-refractivity contribution in [2.45, 2.75) is 45.8 Å². The third-order valence-electron chi connectivity index (χ3n) is 6.08. The average molecular weight is 435 g/mol. The van der Waals surface area contributed by atoms with E-state index in [1.807, 2.05) is 32.9 Å². The molecule has 1 N–H and O–H groups in total. The lowest BCUT2D eigenvalue weighted by molar-refractivity contribution is 0.0572. The Balaban J connectivity index is 1.78. The molecule has 2 heterocycles. The monoisotopic (exact) mass is 434 g/mol. The van der Waals surface area contributed by atoms with Crippen LogP contribution >= 0.6 is 0 Å². The number of hydrogen-bond acceptors (Lipinski definition) is 6. The summed E-state index contributed by atoms with van der Waals surface area (Å²) < 4.78 is 12.9. The quantitative estimate of drug-likeness (QED) is 0.609. The van der Waals surface area contributed by atoms with Gasteiger partial charge in [-0.1, -0.05) is 31.2 Å². The van der Waals surface area contributed by atoms with Crippen molar-refractivity contribution in [2.24, 2.45) is 7.05 Å². The minimum atomic E-state index is -0.168. The van der Waals surface area contributed by atoms with E-state index in [4.69, 9.17) is 14.5 Å². The van der Waals surface area contributed by atoms with E-state index in [0.29, 0.717) is 35.9 Å². The van der Waals surface area contributed by atoms with E-state index in [1.54, 1.807) is 24.8 Å². The van der Waals surface area contributed by atoms with E-state index in [1.165, 1.54) is 11.1 Å². The van der Waals surface area contributed by atoms with Crippen LogP contribution in [0.5, 0.6) is 5.88 Å². The van der Waals surface area contributed by atoms with Crippen molar-refractivity contribution >= 4 is 5.82 Å². The highest BCUT2D eigenvalue weighted by atomic mass is 16.5. The van der Waals surface area contributed by atoms with Crippen LogP contribution in [-0.2, 0) is 24.6 Å². The van der Waals surface area contributed by atoms with Crippen LogP contribution < -0.4 is 15.6 Å². The summed E-state index contributed by atoms with van der Waals surface area (Å²) in [7, 11) is 3.36. The number of methoxy groups -OCH3 is 1. The van der Waals surface area contributed by atoms with Gasteiger partial charge in [-0.3, -0.25) is 9.36 Å². The highest BCUT2D eigenvalue weighted by Crippen LogP contribution is 2.36. The Bertz CT molecular complexity index is 1190. The van der Waals surface area contributed by atoms with E-state index in [2.05, 4.69) is 28.5 Å². The Kier molecular flexibility index (Phi) is 6.28. The summed E-state index contributed by atoms with van der Waals surface area (Å²) in [5, 5.41) is 3.61. The fourth-order valence-corrected chi connectivity index (χ4v) is 4.44. The van der Waals surface area contributed by atoms with Crippen molar-refractivity contribution in [3.8, 4) is 17.1 Å². The minimum absolute atomic E-state index is 0.00455. The van der Waals surface area contributed by atoms with Gasteiger partial charge in [-0.15, -0.1) is 0 Å². The number of aryl methyl sites for hydroxylation is 2. The van der Waals surface area contributed by atoms with Gasteiger partial charge in [0, 0.05) is 31.7 Å². The van der Waals surface area contributed by atoms with Gasteiger partial charge in [0.25, 0.3) is 5.56 Å². The summed E-state index contributed by atoms with van der Waals surface area (Å²) in [6.45, 7) is 6.55. The average Bonchev–Trinajstić information content (AvgIpc) is 3.14. The number of pyridine rings is 1. The Morgan fingerprint density at radius 2 is 1.94 bits per heavy atom. The minimum Gasteiger partial charge on any atom is -0.481 e. The third kappa shape index (κ3) is 3.88. The highest BCUT2D eigenvalue weighted by Gasteiger charge is 2.34. The molecule has 2 aromatic heterocycles. The molecule has 0 saturated carbocycles. The van der Waals surface area contributed by atoms with Crippen molar-refractivity contribution in [2.75, 3.05) is 19.0 Å². The Morgan fingerprint density at radius 3 is 2.62 bits per heavy atom. The van der Waals surface area contributed by atoms with Crippen LogP contribution in [0.25, 0.3) is 11.3 Å². The van der Waals surface area contributed by atoms with Crippen LogP contribution in [0.15, 0.2) is 41.2 Å². The summed E-state index contributed by atoms with van der Waals surface area (Å²) in [5.41, 5.74) is 4.96. The largest absolute Gasteiger partial charge is 0.481 e. The van der Waals surface area contributed by atoms with Gasteiger partial charge in [0.15, 0.2) is 0 Å². The first kappa shape index (κ1) is 22.0. The predicted octanol–water partition coefficient (Wildman–Crippen LogP) is 3.84. The van der Waals surface area contributed by atoms with Crippen LogP contribution in [0.2, 0.25) is 0 Å². The first-order valence-electron chi connectivity index (χ1n) is 11.1. The number of nitrogens with zero attached hydrogens (tertiary/aromatic N) is 3. The molecule has 1 aliphatic rings. The number of fused-ring (bicyclic) bond motifs is 1. The zero-order valence-corrected chi connectivity index (χ0v) is 19.3. The molecule has 3 aromatic rings. The maximum Gasteiger partial charge on any atom is 0.278 e. The molecular formula is C25H30N4O3. The molecule has 7 heteroatoms. The summed E-state index contributed by atoms with van der Waals surface area (Å²) in [6.07, 6.45) is 1.53. The van der Waals surface area contributed by atoms with Crippen LogP contribution in [0.4, 0.5) is 5.82 Å². The van der Waals surface area contributed by atoms with E-state index < -0.39 is 0 Å². The number of nitrogens with one attached hydrogen (secondary N) is 1. The SMILES string of the molecule is CCO[C@H]1Cc2ccccc2[C@H]1Nc1c(CC)nc(-c2ccc(OC)nc2C)c(=O)n1C. The van der Waals surface area contributed by atoms with Crippen LogP contribution in [0.3, 0.4) is 0 Å². The molecule has 0 amide bonds. The first-order chi connectivity index (χ1) is 15.5. The Morgan fingerprint density at radius 1 is 1.16 bits per heavy atom. The lowest BCUT2D eigenvalue weighted by Gasteiger charge is -2.25. The summed E-state index contributed by atoms with van der Waals surface area (Å²) in [6, 6.07) is 11.9. The number of rotatable bonds is 7. The second-order valence-electron chi connectivity index (χ2n) is 7.98. The highest BCUT2D eigenvalue weighted by molar-refractivity contribution is 5.63. The molecule has 7 nitrogen and oxygen atoms in total. The number of ether oxygens (including phenoxy) is 2. The van der Waals surface area contributed by atoms with E-state index in [-0.39, 0.29) is 17.7 Å². The lowest BCUT2D eigenvalue weighted by Crippen LogP contribution is -2.31.